The van der Waals surface area contributed by atoms with Gasteiger partial charge in [-0.25, -0.2) is 15.0 Å². The van der Waals surface area contributed by atoms with Crippen molar-refractivity contribution in [3.05, 3.63) is 65.7 Å². The van der Waals surface area contributed by atoms with Crippen LogP contribution in [0.1, 0.15) is 63.0 Å². The maximum Gasteiger partial charge on any atom is 0.319 e. The minimum atomic E-state index is -0.0429. The highest BCUT2D eigenvalue weighted by Crippen LogP contribution is 2.40. The zero-order valence-electron chi connectivity index (χ0n) is 22.3. The third-order valence-corrected chi connectivity index (χ3v) is 6.78. The molecule has 0 radical (unpaired) electrons. The smallest absolute Gasteiger partial charge is 0.319 e. The molecule has 0 N–H and O–H groups in total. The lowest BCUT2D eigenvalue weighted by Crippen LogP contribution is -2.47. The summed E-state index contributed by atoms with van der Waals surface area (Å²) in [5, 5.41) is 0. The molecule has 37 heavy (non-hydrogen) atoms. The standard InChI is InChI=1S/C29H38N6O2/c1-29(2,3)27-31-24(23-10-11-23)20-25(32-27)35-17-15-34(16-18-35)14-7-19-36-28-30-13-12-26(33-28)37-21-22-8-5-4-6-9-22/h4-6,8-9,12-13,20,23H,7,10-11,14-19,21H2,1-3H3. The van der Waals surface area contributed by atoms with Gasteiger partial charge in [0.25, 0.3) is 0 Å². The molecule has 3 aromatic rings. The van der Waals surface area contributed by atoms with E-state index in [0.717, 1.165) is 56.4 Å². The molecule has 0 spiro atoms. The normalized spacial score (nSPS) is 16.6. The van der Waals surface area contributed by atoms with Crippen LogP contribution >= 0.6 is 0 Å². The summed E-state index contributed by atoms with van der Waals surface area (Å²) in [6.45, 7) is 12.6. The fourth-order valence-electron chi connectivity index (χ4n) is 4.40. The van der Waals surface area contributed by atoms with E-state index < -0.39 is 0 Å². The number of benzene rings is 1. The van der Waals surface area contributed by atoms with E-state index in [-0.39, 0.29) is 5.41 Å². The number of hydrogen-bond donors (Lipinski definition) is 0. The Hall–Kier alpha value is -3.26. The van der Waals surface area contributed by atoms with Crippen molar-refractivity contribution >= 4 is 5.82 Å². The lowest BCUT2D eigenvalue weighted by molar-refractivity contribution is 0.215. The van der Waals surface area contributed by atoms with E-state index in [0.29, 0.717) is 31.0 Å². The van der Waals surface area contributed by atoms with Crippen LogP contribution in [0.2, 0.25) is 0 Å². The van der Waals surface area contributed by atoms with Crippen LogP contribution in [0, 0.1) is 0 Å². The van der Waals surface area contributed by atoms with E-state index >= 15 is 0 Å². The summed E-state index contributed by atoms with van der Waals surface area (Å²) >= 11 is 0. The molecule has 0 bridgehead atoms. The Balaban J connectivity index is 1.05. The van der Waals surface area contributed by atoms with E-state index in [9.17, 15) is 0 Å². The Bertz CT molecular complexity index is 1150. The first-order chi connectivity index (χ1) is 17.9. The SMILES string of the molecule is CC(C)(C)c1nc(C2CC2)cc(N2CCN(CCCOc3nccc(OCc4ccccc4)n3)CC2)n1. The molecule has 2 aliphatic rings. The molecule has 2 aromatic heterocycles. The third kappa shape index (κ3) is 7.16. The molecule has 2 fully saturated rings. The van der Waals surface area contributed by atoms with Gasteiger partial charge in [0.1, 0.15) is 18.2 Å². The summed E-state index contributed by atoms with van der Waals surface area (Å²) in [5.41, 5.74) is 2.28. The summed E-state index contributed by atoms with van der Waals surface area (Å²) in [4.78, 5) is 23.4. The van der Waals surface area contributed by atoms with Crippen molar-refractivity contribution in [3.63, 3.8) is 0 Å². The average molecular weight is 503 g/mol. The Morgan fingerprint density at radius 3 is 2.43 bits per heavy atom. The zero-order chi connectivity index (χ0) is 25.7. The van der Waals surface area contributed by atoms with Crippen molar-refractivity contribution in [1.29, 1.82) is 0 Å². The lowest BCUT2D eigenvalue weighted by atomic mass is 9.95. The molecule has 1 saturated heterocycles. The monoisotopic (exact) mass is 502 g/mol. The molecule has 1 aliphatic carbocycles. The second-order valence-electron chi connectivity index (χ2n) is 11.0. The van der Waals surface area contributed by atoms with Crippen LogP contribution in [0.25, 0.3) is 0 Å². The van der Waals surface area contributed by atoms with Gasteiger partial charge in [-0.15, -0.1) is 0 Å². The fraction of sp³-hybridized carbons (Fsp3) is 0.517. The van der Waals surface area contributed by atoms with Gasteiger partial charge in [-0.2, -0.15) is 4.98 Å². The molecule has 0 atom stereocenters. The van der Waals surface area contributed by atoms with Gasteiger partial charge in [0.15, 0.2) is 0 Å². The molecule has 5 rings (SSSR count). The van der Waals surface area contributed by atoms with Crippen molar-refractivity contribution in [2.75, 3.05) is 44.2 Å². The van der Waals surface area contributed by atoms with Crippen LogP contribution in [0.4, 0.5) is 5.82 Å². The van der Waals surface area contributed by atoms with Crippen LogP contribution in [-0.4, -0.2) is 64.2 Å². The minimum absolute atomic E-state index is 0.0429. The Labute approximate surface area is 220 Å². The van der Waals surface area contributed by atoms with Crippen molar-refractivity contribution in [2.45, 2.75) is 58.0 Å². The number of nitrogens with zero attached hydrogens (tertiary/aromatic N) is 6. The maximum atomic E-state index is 5.81. The highest BCUT2D eigenvalue weighted by molar-refractivity contribution is 5.42. The lowest BCUT2D eigenvalue weighted by Gasteiger charge is -2.36. The van der Waals surface area contributed by atoms with Crippen molar-refractivity contribution in [3.8, 4) is 11.9 Å². The number of anilines is 1. The van der Waals surface area contributed by atoms with E-state index in [1.165, 1.54) is 18.5 Å². The Morgan fingerprint density at radius 1 is 0.919 bits per heavy atom. The predicted molar refractivity (Wildman–Crippen MR) is 144 cm³/mol. The van der Waals surface area contributed by atoms with Crippen molar-refractivity contribution < 1.29 is 9.47 Å². The molecule has 0 amide bonds. The molecular weight excluding hydrogens is 464 g/mol. The first-order valence-electron chi connectivity index (χ1n) is 13.4. The fourth-order valence-corrected chi connectivity index (χ4v) is 4.40. The largest absolute Gasteiger partial charge is 0.473 e. The maximum absolute atomic E-state index is 5.81. The molecule has 8 nitrogen and oxygen atoms in total. The summed E-state index contributed by atoms with van der Waals surface area (Å²) < 4.78 is 11.6. The average Bonchev–Trinajstić information content (AvgIpc) is 3.76. The number of aromatic nitrogens is 4. The van der Waals surface area contributed by atoms with Gasteiger partial charge in [-0.05, 0) is 24.8 Å². The van der Waals surface area contributed by atoms with Gasteiger partial charge in [0, 0.05) is 68.1 Å². The molecule has 0 unspecified atom stereocenters. The van der Waals surface area contributed by atoms with Crippen molar-refractivity contribution in [2.24, 2.45) is 0 Å². The van der Waals surface area contributed by atoms with Crippen LogP contribution in [-0.2, 0) is 12.0 Å². The topological polar surface area (TPSA) is 76.5 Å². The van der Waals surface area contributed by atoms with Gasteiger partial charge in [0.2, 0.25) is 5.88 Å². The molecule has 1 saturated carbocycles. The summed E-state index contributed by atoms with van der Waals surface area (Å²) in [7, 11) is 0. The highest BCUT2D eigenvalue weighted by atomic mass is 16.5. The van der Waals surface area contributed by atoms with E-state index in [4.69, 9.17) is 19.4 Å². The van der Waals surface area contributed by atoms with Gasteiger partial charge in [0.05, 0.1) is 6.61 Å². The summed E-state index contributed by atoms with van der Waals surface area (Å²) in [6.07, 6.45) is 5.11. The number of hydrogen-bond acceptors (Lipinski definition) is 8. The first-order valence-corrected chi connectivity index (χ1v) is 13.4. The summed E-state index contributed by atoms with van der Waals surface area (Å²) in [6, 6.07) is 14.4. The molecule has 196 valence electrons. The zero-order valence-corrected chi connectivity index (χ0v) is 22.3. The van der Waals surface area contributed by atoms with E-state index in [1.807, 2.05) is 30.3 Å². The summed E-state index contributed by atoms with van der Waals surface area (Å²) in [5.74, 6) is 3.21. The van der Waals surface area contributed by atoms with Crippen LogP contribution in [0.15, 0.2) is 48.7 Å². The Morgan fingerprint density at radius 2 is 1.70 bits per heavy atom. The van der Waals surface area contributed by atoms with Crippen LogP contribution < -0.4 is 14.4 Å². The first kappa shape index (κ1) is 25.4. The third-order valence-electron chi connectivity index (χ3n) is 6.78. The molecule has 1 aromatic carbocycles. The van der Waals surface area contributed by atoms with Gasteiger partial charge >= 0.3 is 6.01 Å². The molecule has 8 heteroatoms. The van der Waals surface area contributed by atoms with Gasteiger partial charge in [-0.3, -0.25) is 4.90 Å². The number of rotatable bonds is 10. The molecule has 1 aliphatic heterocycles. The Kier molecular flexibility index (Phi) is 7.84. The van der Waals surface area contributed by atoms with Crippen LogP contribution in [0.3, 0.4) is 0 Å². The molecule has 3 heterocycles. The number of ether oxygens (including phenoxy) is 2. The highest BCUT2D eigenvalue weighted by Gasteiger charge is 2.29. The second-order valence-corrected chi connectivity index (χ2v) is 11.0. The van der Waals surface area contributed by atoms with Gasteiger partial charge < -0.3 is 14.4 Å². The predicted octanol–water partition coefficient (Wildman–Crippen LogP) is 4.61. The minimum Gasteiger partial charge on any atom is -0.473 e. The van der Waals surface area contributed by atoms with Crippen LogP contribution in [0.5, 0.6) is 11.9 Å². The number of piperazine rings is 1. The van der Waals surface area contributed by atoms with E-state index in [2.05, 4.69) is 46.6 Å². The van der Waals surface area contributed by atoms with E-state index in [1.54, 1.807) is 12.3 Å². The molecular formula is C29H38N6O2. The second kappa shape index (κ2) is 11.4. The van der Waals surface area contributed by atoms with Crippen molar-refractivity contribution in [1.82, 2.24) is 24.8 Å². The quantitative estimate of drug-likeness (QED) is 0.372. The van der Waals surface area contributed by atoms with Gasteiger partial charge in [-0.1, -0.05) is 51.1 Å².